The average molecular weight is 354 g/mol. The van der Waals surface area contributed by atoms with Crippen molar-refractivity contribution in [3.05, 3.63) is 59.2 Å². The Labute approximate surface area is 157 Å². The summed E-state index contributed by atoms with van der Waals surface area (Å²) in [5.74, 6) is 0.834. The number of carbonyl (C=O) groups is 1. The van der Waals surface area contributed by atoms with Gasteiger partial charge in [0.2, 0.25) is 0 Å². The maximum absolute atomic E-state index is 12.5. The molecule has 0 aliphatic carbocycles. The average Bonchev–Trinajstić information content (AvgIpc) is 2.53. The Morgan fingerprint density at radius 3 is 2.04 bits per heavy atom. The van der Waals surface area contributed by atoms with E-state index in [4.69, 9.17) is 9.47 Å². The minimum Gasteiger partial charge on any atom is -0.493 e. The summed E-state index contributed by atoms with van der Waals surface area (Å²) in [7, 11) is 1.61. The number of rotatable bonds is 4. The van der Waals surface area contributed by atoms with E-state index >= 15 is 0 Å². The van der Waals surface area contributed by atoms with Crippen molar-refractivity contribution < 1.29 is 14.3 Å². The third-order valence-corrected chi connectivity index (χ3v) is 4.36. The van der Waals surface area contributed by atoms with E-state index in [1.54, 1.807) is 7.11 Å². The van der Waals surface area contributed by atoms with Gasteiger partial charge < -0.3 is 9.47 Å². The third-order valence-electron chi connectivity index (χ3n) is 4.36. The normalized spacial score (nSPS) is 12.0. The molecule has 0 radical (unpaired) electrons. The summed E-state index contributed by atoms with van der Waals surface area (Å²) >= 11 is 0. The van der Waals surface area contributed by atoms with Crippen molar-refractivity contribution in [1.29, 1.82) is 0 Å². The van der Waals surface area contributed by atoms with E-state index in [-0.39, 0.29) is 23.2 Å². The van der Waals surface area contributed by atoms with Crippen LogP contribution in [0.15, 0.2) is 42.5 Å². The lowest BCUT2D eigenvalue weighted by atomic mass is 9.80. The van der Waals surface area contributed by atoms with Crippen LogP contribution in [0.1, 0.15) is 58.2 Å². The molecule has 0 bridgehead atoms. The van der Waals surface area contributed by atoms with Gasteiger partial charge >= 0.3 is 5.97 Å². The van der Waals surface area contributed by atoms with Crippen LogP contribution in [-0.4, -0.2) is 13.1 Å². The molecule has 3 nitrogen and oxygen atoms in total. The molecule has 3 heteroatoms. The topological polar surface area (TPSA) is 35.5 Å². The highest BCUT2D eigenvalue weighted by molar-refractivity contribution is 5.77. The summed E-state index contributed by atoms with van der Waals surface area (Å²) in [5, 5.41) is 0. The Hall–Kier alpha value is -2.29. The minimum atomic E-state index is -0.288. The molecule has 0 heterocycles. The first-order valence-corrected chi connectivity index (χ1v) is 9.00. The number of ether oxygens (including phenoxy) is 2. The number of carbonyl (C=O) groups excluding carboxylic acids is 1. The fourth-order valence-electron chi connectivity index (χ4n) is 2.76. The van der Waals surface area contributed by atoms with E-state index in [1.807, 2.05) is 36.4 Å². The highest BCUT2D eigenvalue weighted by Gasteiger charge is 2.28. The fourth-order valence-corrected chi connectivity index (χ4v) is 2.76. The predicted molar refractivity (Wildman–Crippen MR) is 106 cm³/mol. The molecular formula is C23H30O3. The molecule has 26 heavy (non-hydrogen) atoms. The molecule has 2 aromatic carbocycles. The van der Waals surface area contributed by atoms with Gasteiger partial charge in [0, 0.05) is 5.56 Å². The summed E-state index contributed by atoms with van der Waals surface area (Å²) in [6, 6.07) is 13.7. The van der Waals surface area contributed by atoms with Crippen LogP contribution in [0, 0.1) is 0 Å². The molecular weight excluding hydrogens is 324 g/mol. The van der Waals surface area contributed by atoms with Crippen molar-refractivity contribution in [2.45, 2.75) is 58.8 Å². The molecule has 0 fully saturated rings. The molecule has 0 aliphatic heterocycles. The van der Waals surface area contributed by atoms with Crippen LogP contribution in [0.3, 0.4) is 0 Å². The molecule has 0 spiro atoms. The van der Waals surface area contributed by atoms with Gasteiger partial charge in [0.05, 0.1) is 13.5 Å². The zero-order chi connectivity index (χ0) is 19.5. The highest BCUT2D eigenvalue weighted by atomic mass is 16.6. The third kappa shape index (κ3) is 4.87. The van der Waals surface area contributed by atoms with Gasteiger partial charge in [-0.25, -0.2) is 0 Å². The van der Waals surface area contributed by atoms with Crippen LogP contribution in [0.4, 0.5) is 0 Å². The Balaban J connectivity index is 2.44. The molecule has 2 rings (SSSR count). The summed E-state index contributed by atoms with van der Waals surface area (Å²) in [6.07, 6.45) is 0.231. The second kappa shape index (κ2) is 7.53. The first-order chi connectivity index (χ1) is 12.0. The van der Waals surface area contributed by atoms with Gasteiger partial charge in [-0.15, -0.1) is 0 Å². The van der Waals surface area contributed by atoms with Crippen LogP contribution >= 0.6 is 0 Å². The standard InChI is InChI=1S/C23H30O3/c1-22(2,3)17-14-18(23(4,5)6)21(19(15-17)25-7)26-20(24)13-16-11-9-8-10-12-16/h8-12,14-15H,13H2,1-7H3. The van der Waals surface area contributed by atoms with E-state index < -0.39 is 0 Å². The van der Waals surface area contributed by atoms with Crippen LogP contribution in [0.25, 0.3) is 0 Å². The maximum atomic E-state index is 12.5. The van der Waals surface area contributed by atoms with Crippen molar-refractivity contribution in [2.75, 3.05) is 7.11 Å². The zero-order valence-corrected chi connectivity index (χ0v) is 17.0. The zero-order valence-electron chi connectivity index (χ0n) is 17.0. The number of benzene rings is 2. The first kappa shape index (κ1) is 20.0. The van der Waals surface area contributed by atoms with E-state index in [2.05, 4.69) is 47.6 Å². The number of esters is 1. The Morgan fingerprint density at radius 2 is 1.54 bits per heavy atom. The predicted octanol–water partition coefficient (Wildman–Crippen LogP) is 5.44. The number of hydrogen-bond acceptors (Lipinski definition) is 3. The van der Waals surface area contributed by atoms with Gasteiger partial charge in [0.1, 0.15) is 0 Å². The Bertz CT molecular complexity index is 763. The van der Waals surface area contributed by atoms with Crippen molar-refractivity contribution in [1.82, 2.24) is 0 Å². The Kier molecular flexibility index (Phi) is 5.80. The Morgan fingerprint density at radius 1 is 0.923 bits per heavy atom. The van der Waals surface area contributed by atoms with Crippen molar-refractivity contribution in [3.63, 3.8) is 0 Å². The molecule has 0 saturated carbocycles. The number of methoxy groups -OCH3 is 1. The van der Waals surface area contributed by atoms with Crippen LogP contribution in [0.2, 0.25) is 0 Å². The lowest BCUT2D eigenvalue weighted by Crippen LogP contribution is -2.20. The van der Waals surface area contributed by atoms with Gasteiger partial charge in [-0.3, -0.25) is 4.79 Å². The highest BCUT2D eigenvalue weighted by Crippen LogP contribution is 2.42. The summed E-state index contributed by atoms with van der Waals surface area (Å²) in [5.41, 5.74) is 2.85. The first-order valence-electron chi connectivity index (χ1n) is 9.00. The minimum absolute atomic E-state index is 0.0279. The molecule has 0 N–H and O–H groups in total. The molecule has 0 unspecified atom stereocenters. The summed E-state index contributed by atoms with van der Waals surface area (Å²) in [4.78, 5) is 12.5. The van der Waals surface area contributed by atoms with Crippen LogP contribution in [0.5, 0.6) is 11.5 Å². The van der Waals surface area contributed by atoms with Crippen LogP contribution < -0.4 is 9.47 Å². The van der Waals surface area contributed by atoms with Gasteiger partial charge in [-0.2, -0.15) is 0 Å². The summed E-state index contributed by atoms with van der Waals surface area (Å²) < 4.78 is 11.4. The van der Waals surface area contributed by atoms with Gasteiger partial charge in [-0.05, 0) is 28.0 Å². The van der Waals surface area contributed by atoms with Crippen molar-refractivity contribution in [2.24, 2.45) is 0 Å². The maximum Gasteiger partial charge on any atom is 0.315 e. The smallest absolute Gasteiger partial charge is 0.315 e. The molecule has 2 aromatic rings. The van der Waals surface area contributed by atoms with Crippen LogP contribution in [-0.2, 0) is 22.0 Å². The molecule has 0 aliphatic rings. The second-order valence-corrected chi connectivity index (χ2v) is 8.69. The second-order valence-electron chi connectivity index (χ2n) is 8.69. The van der Waals surface area contributed by atoms with Gasteiger partial charge in [0.15, 0.2) is 11.5 Å². The molecule has 140 valence electrons. The molecule has 0 amide bonds. The summed E-state index contributed by atoms with van der Waals surface area (Å²) in [6.45, 7) is 12.8. The molecule has 0 atom stereocenters. The van der Waals surface area contributed by atoms with E-state index in [1.165, 1.54) is 0 Å². The molecule has 0 saturated heterocycles. The monoisotopic (exact) mass is 354 g/mol. The number of hydrogen-bond donors (Lipinski definition) is 0. The molecule has 0 aromatic heterocycles. The lowest BCUT2D eigenvalue weighted by molar-refractivity contribution is -0.133. The van der Waals surface area contributed by atoms with Crippen molar-refractivity contribution in [3.8, 4) is 11.5 Å². The van der Waals surface area contributed by atoms with E-state index in [9.17, 15) is 4.79 Å². The van der Waals surface area contributed by atoms with E-state index in [0.717, 1.165) is 16.7 Å². The van der Waals surface area contributed by atoms with Gasteiger partial charge in [-0.1, -0.05) is 77.9 Å². The largest absolute Gasteiger partial charge is 0.493 e. The fraction of sp³-hybridized carbons (Fsp3) is 0.435. The van der Waals surface area contributed by atoms with E-state index in [0.29, 0.717) is 11.5 Å². The SMILES string of the molecule is COc1cc(C(C)(C)C)cc(C(C)(C)C)c1OC(=O)Cc1ccccc1. The quantitative estimate of drug-likeness (QED) is 0.542. The van der Waals surface area contributed by atoms with Gasteiger partial charge in [0.25, 0.3) is 0 Å². The lowest BCUT2D eigenvalue weighted by Gasteiger charge is -2.28. The van der Waals surface area contributed by atoms with Crippen molar-refractivity contribution >= 4 is 5.97 Å².